The summed E-state index contributed by atoms with van der Waals surface area (Å²) >= 11 is 0. The van der Waals surface area contributed by atoms with Gasteiger partial charge in [-0.3, -0.25) is 9.87 Å². The maximum atomic E-state index is 10.4. The molecule has 0 saturated carbocycles. The van der Waals surface area contributed by atoms with E-state index in [2.05, 4.69) is 5.32 Å². The van der Waals surface area contributed by atoms with E-state index in [1.54, 1.807) is 0 Å². The fourth-order valence-electron chi connectivity index (χ4n) is 1.06. The Morgan fingerprint density at radius 2 is 1.87 bits per heavy atom. The van der Waals surface area contributed by atoms with Gasteiger partial charge >= 0.3 is 0 Å². The maximum absolute atomic E-state index is 10.4. The van der Waals surface area contributed by atoms with E-state index in [1.807, 2.05) is 6.92 Å². The molecule has 3 atom stereocenters. The second-order valence-corrected chi connectivity index (χ2v) is 4.70. The largest absolute Gasteiger partial charge is 0.395 e. The molecule has 0 aromatic heterocycles. The van der Waals surface area contributed by atoms with Crippen LogP contribution in [-0.2, 0) is 10.1 Å². The highest BCUT2D eigenvalue weighted by Crippen LogP contribution is 2.02. The van der Waals surface area contributed by atoms with E-state index in [0.29, 0.717) is 12.8 Å². The maximum Gasteiger partial charge on any atom is 0.296 e. The first kappa shape index (κ1) is 14.8. The molecule has 8 heteroatoms. The topological polar surface area (TPSA) is 127 Å². The summed E-state index contributed by atoms with van der Waals surface area (Å²) in [5.74, 6) is 0. The molecule has 92 valence electrons. The van der Waals surface area contributed by atoms with Crippen molar-refractivity contribution in [2.45, 2.75) is 37.5 Å². The summed E-state index contributed by atoms with van der Waals surface area (Å²) in [7, 11) is -4.71. The van der Waals surface area contributed by atoms with Crippen molar-refractivity contribution >= 4 is 10.1 Å². The molecule has 5 N–H and O–H groups in total. The Kier molecular flexibility index (Phi) is 6.25. The smallest absolute Gasteiger partial charge is 0.296 e. The van der Waals surface area contributed by atoms with E-state index in [9.17, 15) is 13.5 Å². The van der Waals surface area contributed by atoms with Gasteiger partial charge in [0.05, 0.1) is 6.61 Å². The normalized spacial score (nSPS) is 18.5. The number of rotatable bonds is 7. The molecule has 0 bridgehead atoms. The van der Waals surface area contributed by atoms with Gasteiger partial charge in [-0.05, 0) is 6.42 Å². The highest BCUT2D eigenvalue weighted by atomic mass is 32.2. The number of hydrogen-bond acceptors (Lipinski definition) is 6. The van der Waals surface area contributed by atoms with Gasteiger partial charge < -0.3 is 15.3 Å². The Hall–Kier alpha value is -0.250. The van der Waals surface area contributed by atoms with E-state index in [-0.39, 0.29) is 6.61 Å². The second-order valence-electron chi connectivity index (χ2n) is 3.19. The molecule has 0 fully saturated rings. The third kappa shape index (κ3) is 5.40. The van der Waals surface area contributed by atoms with Crippen molar-refractivity contribution < 1.29 is 28.3 Å². The molecular weight excluding hydrogens is 226 g/mol. The molecule has 0 aliphatic carbocycles. The lowest BCUT2D eigenvalue weighted by Crippen LogP contribution is -2.49. The van der Waals surface area contributed by atoms with Crippen LogP contribution in [0.4, 0.5) is 0 Å². The fraction of sp³-hybridized carbons (Fsp3) is 1.00. The third-order valence-corrected chi connectivity index (χ3v) is 2.71. The fourth-order valence-corrected chi connectivity index (χ4v) is 1.47. The van der Waals surface area contributed by atoms with Crippen LogP contribution in [-0.4, -0.2) is 52.6 Å². The number of nitrogens with one attached hydrogen (secondary N) is 1. The van der Waals surface area contributed by atoms with E-state index < -0.39 is 27.8 Å². The zero-order valence-electron chi connectivity index (χ0n) is 8.37. The highest BCUT2D eigenvalue weighted by molar-refractivity contribution is 7.86. The molecular formula is C7H17NO6S. The summed E-state index contributed by atoms with van der Waals surface area (Å²) in [6, 6.07) is -0.526. The molecule has 0 saturated heterocycles. The first-order chi connectivity index (χ1) is 6.82. The summed E-state index contributed by atoms with van der Waals surface area (Å²) in [6.45, 7) is 1.54. The van der Waals surface area contributed by atoms with E-state index in [4.69, 9.17) is 14.8 Å². The Labute approximate surface area is 88.5 Å². The molecule has 0 spiro atoms. The average Bonchev–Trinajstić information content (AvgIpc) is 2.14. The Morgan fingerprint density at radius 3 is 2.20 bits per heavy atom. The molecule has 0 radical (unpaired) electrons. The quantitative estimate of drug-likeness (QED) is 0.265. The Bertz CT molecular complexity index is 267. The van der Waals surface area contributed by atoms with E-state index in [0.717, 1.165) is 0 Å². The molecule has 0 amide bonds. The first-order valence-corrected chi connectivity index (χ1v) is 6.02. The van der Waals surface area contributed by atoms with Crippen molar-refractivity contribution in [1.82, 2.24) is 5.32 Å². The summed E-state index contributed by atoms with van der Waals surface area (Å²) in [4.78, 5) is 0. The third-order valence-electron chi connectivity index (χ3n) is 1.84. The van der Waals surface area contributed by atoms with Crippen LogP contribution in [0.5, 0.6) is 0 Å². The Morgan fingerprint density at radius 1 is 1.33 bits per heavy atom. The SMILES string of the molecule is CCCC(CO)NC(O)C(O)S(=O)(=O)O. The zero-order valence-corrected chi connectivity index (χ0v) is 9.18. The standard InChI is InChI=1S/C7H17NO6S/c1-2-3-5(4-9)8-6(10)7(11)15(12,13)14/h5-11H,2-4H2,1H3,(H,12,13,14). The number of aliphatic hydroxyl groups is 3. The summed E-state index contributed by atoms with van der Waals surface area (Å²) in [5.41, 5.74) is -2.32. The highest BCUT2D eigenvalue weighted by Gasteiger charge is 2.29. The van der Waals surface area contributed by atoms with Crippen molar-refractivity contribution in [2.24, 2.45) is 0 Å². The molecule has 0 heterocycles. The lowest BCUT2D eigenvalue weighted by molar-refractivity contribution is 0.0221. The van der Waals surface area contributed by atoms with Gasteiger partial charge in [-0.25, -0.2) is 0 Å². The average molecular weight is 243 g/mol. The second kappa shape index (κ2) is 6.36. The van der Waals surface area contributed by atoms with Gasteiger partial charge in [0.1, 0.15) is 6.23 Å². The van der Waals surface area contributed by atoms with Crippen LogP contribution >= 0.6 is 0 Å². The zero-order chi connectivity index (χ0) is 12.1. The molecule has 7 nitrogen and oxygen atoms in total. The molecule has 3 unspecified atom stereocenters. The number of hydrogen-bond donors (Lipinski definition) is 5. The van der Waals surface area contributed by atoms with Crippen LogP contribution in [0, 0.1) is 0 Å². The predicted molar refractivity (Wildman–Crippen MR) is 52.5 cm³/mol. The van der Waals surface area contributed by atoms with Crippen molar-refractivity contribution in [3.63, 3.8) is 0 Å². The molecule has 0 rings (SSSR count). The summed E-state index contributed by atoms with van der Waals surface area (Å²) in [5, 5.41) is 29.2. The lowest BCUT2D eigenvalue weighted by Gasteiger charge is -2.22. The number of aliphatic hydroxyl groups excluding tert-OH is 3. The van der Waals surface area contributed by atoms with Gasteiger partial charge in [0, 0.05) is 6.04 Å². The molecule has 0 aliphatic rings. The van der Waals surface area contributed by atoms with Crippen molar-refractivity contribution in [3.8, 4) is 0 Å². The summed E-state index contributed by atoms with van der Waals surface area (Å²) < 4.78 is 29.3. The lowest BCUT2D eigenvalue weighted by atomic mass is 10.2. The van der Waals surface area contributed by atoms with Gasteiger partial charge in [-0.2, -0.15) is 8.42 Å². The summed E-state index contributed by atoms with van der Waals surface area (Å²) in [6.07, 6.45) is -0.609. The molecule has 15 heavy (non-hydrogen) atoms. The van der Waals surface area contributed by atoms with Crippen LogP contribution in [0.1, 0.15) is 19.8 Å². The molecule has 0 aliphatic heterocycles. The van der Waals surface area contributed by atoms with Gasteiger partial charge in [-0.1, -0.05) is 13.3 Å². The van der Waals surface area contributed by atoms with Gasteiger partial charge in [0.2, 0.25) is 5.44 Å². The van der Waals surface area contributed by atoms with Gasteiger partial charge in [0.15, 0.2) is 0 Å². The van der Waals surface area contributed by atoms with Crippen LogP contribution < -0.4 is 5.32 Å². The monoisotopic (exact) mass is 243 g/mol. The van der Waals surface area contributed by atoms with Gasteiger partial charge in [0.25, 0.3) is 10.1 Å². The minimum atomic E-state index is -4.71. The first-order valence-electron chi connectivity index (χ1n) is 4.52. The Balaban J connectivity index is 4.28. The minimum absolute atomic E-state index is 0.302. The van der Waals surface area contributed by atoms with E-state index in [1.165, 1.54) is 0 Å². The van der Waals surface area contributed by atoms with E-state index >= 15 is 0 Å². The van der Waals surface area contributed by atoms with Crippen LogP contribution in [0.3, 0.4) is 0 Å². The van der Waals surface area contributed by atoms with Crippen LogP contribution in [0.2, 0.25) is 0 Å². The predicted octanol–water partition coefficient (Wildman–Crippen LogP) is -1.74. The van der Waals surface area contributed by atoms with Crippen LogP contribution in [0.15, 0.2) is 0 Å². The molecule has 0 aromatic carbocycles. The van der Waals surface area contributed by atoms with Crippen molar-refractivity contribution in [3.05, 3.63) is 0 Å². The van der Waals surface area contributed by atoms with Crippen molar-refractivity contribution in [2.75, 3.05) is 6.61 Å². The van der Waals surface area contributed by atoms with Gasteiger partial charge in [-0.15, -0.1) is 0 Å². The minimum Gasteiger partial charge on any atom is -0.395 e. The molecule has 0 aromatic rings. The van der Waals surface area contributed by atoms with Crippen LogP contribution in [0.25, 0.3) is 0 Å². The van der Waals surface area contributed by atoms with Crippen molar-refractivity contribution in [1.29, 1.82) is 0 Å².